The van der Waals surface area contributed by atoms with Crippen LogP contribution in [-0.2, 0) is 11.3 Å². The van der Waals surface area contributed by atoms with Crippen molar-refractivity contribution in [3.05, 3.63) is 29.8 Å². The molecule has 1 aromatic carbocycles. The van der Waals surface area contributed by atoms with Crippen LogP contribution in [0.15, 0.2) is 24.3 Å². The van der Waals surface area contributed by atoms with Crippen molar-refractivity contribution in [2.75, 3.05) is 38.5 Å². The monoisotopic (exact) mass is 332 g/mol. The zero-order valence-corrected chi connectivity index (χ0v) is 15.1. The van der Waals surface area contributed by atoms with Crippen LogP contribution in [0.4, 0.5) is 10.5 Å². The second kappa shape index (κ2) is 8.15. The van der Waals surface area contributed by atoms with Gasteiger partial charge in [-0.3, -0.25) is 9.69 Å². The predicted molar refractivity (Wildman–Crippen MR) is 95.9 cm³/mol. The van der Waals surface area contributed by atoms with E-state index in [1.165, 1.54) is 0 Å². The summed E-state index contributed by atoms with van der Waals surface area (Å²) in [6, 6.07) is 7.96. The average Bonchev–Trinajstić information content (AvgIpc) is 2.56. The van der Waals surface area contributed by atoms with E-state index in [4.69, 9.17) is 0 Å². The molecule has 1 aromatic rings. The van der Waals surface area contributed by atoms with Crippen molar-refractivity contribution in [2.24, 2.45) is 0 Å². The van der Waals surface area contributed by atoms with Gasteiger partial charge in [-0.1, -0.05) is 18.2 Å². The van der Waals surface area contributed by atoms with Crippen LogP contribution in [0.3, 0.4) is 0 Å². The number of nitrogens with one attached hydrogen (secondary N) is 1. The van der Waals surface area contributed by atoms with Gasteiger partial charge in [-0.25, -0.2) is 4.79 Å². The minimum Gasteiger partial charge on any atom is -0.340 e. The summed E-state index contributed by atoms with van der Waals surface area (Å²) in [5.74, 6) is 0.138. The number of carbonyl (C=O) groups is 2. The van der Waals surface area contributed by atoms with E-state index in [0.717, 1.165) is 44.0 Å². The quantitative estimate of drug-likeness (QED) is 0.920. The molecule has 1 heterocycles. The van der Waals surface area contributed by atoms with Crippen LogP contribution >= 0.6 is 0 Å². The Balaban J connectivity index is 1.99. The zero-order chi connectivity index (χ0) is 17.7. The van der Waals surface area contributed by atoms with Gasteiger partial charge in [0.2, 0.25) is 5.91 Å². The highest BCUT2D eigenvalue weighted by molar-refractivity contribution is 5.90. The number of piperazine rings is 1. The first kappa shape index (κ1) is 18.3. The molecule has 1 saturated heterocycles. The SMILES string of the molecule is CC(=O)N1CCN(Cc2ccccc2NC(=O)N(C)C(C)C)CC1. The van der Waals surface area contributed by atoms with Crippen molar-refractivity contribution in [1.29, 1.82) is 0 Å². The highest BCUT2D eigenvalue weighted by Gasteiger charge is 2.20. The van der Waals surface area contributed by atoms with Crippen LogP contribution in [0.25, 0.3) is 0 Å². The van der Waals surface area contributed by atoms with E-state index in [1.807, 2.05) is 43.0 Å². The molecule has 1 aliphatic rings. The zero-order valence-electron chi connectivity index (χ0n) is 15.1. The second-order valence-corrected chi connectivity index (χ2v) is 6.57. The smallest absolute Gasteiger partial charge is 0.321 e. The van der Waals surface area contributed by atoms with Gasteiger partial charge in [0.25, 0.3) is 0 Å². The van der Waals surface area contributed by atoms with Crippen LogP contribution in [0.1, 0.15) is 26.3 Å². The van der Waals surface area contributed by atoms with E-state index in [0.29, 0.717) is 0 Å². The van der Waals surface area contributed by atoms with Crippen LogP contribution in [0.5, 0.6) is 0 Å². The van der Waals surface area contributed by atoms with Crippen molar-refractivity contribution >= 4 is 17.6 Å². The fraction of sp³-hybridized carbons (Fsp3) is 0.556. The molecule has 0 radical (unpaired) electrons. The molecule has 6 heteroatoms. The molecule has 0 unspecified atom stereocenters. The van der Waals surface area contributed by atoms with E-state index >= 15 is 0 Å². The van der Waals surface area contributed by atoms with Crippen LogP contribution in [-0.4, -0.2) is 65.9 Å². The largest absolute Gasteiger partial charge is 0.340 e. The van der Waals surface area contributed by atoms with Crippen molar-refractivity contribution in [1.82, 2.24) is 14.7 Å². The topological polar surface area (TPSA) is 55.9 Å². The summed E-state index contributed by atoms with van der Waals surface area (Å²) in [5, 5.41) is 3.00. The maximum atomic E-state index is 12.3. The number of hydrogen-bond acceptors (Lipinski definition) is 3. The Morgan fingerprint density at radius 1 is 1.17 bits per heavy atom. The van der Waals surface area contributed by atoms with Gasteiger partial charge >= 0.3 is 6.03 Å². The first-order chi connectivity index (χ1) is 11.4. The molecule has 6 nitrogen and oxygen atoms in total. The third kappa shape index (κ3) is 4.71. The van der Waals surface area contributed by atoms with E-state index in [9.17, 15) is 9.59 Å². The lowest BCUT2D eigenvalue weighted by Crippen LogP contribution is -2.47. The number of amides is 3. The molecular formula is C18H28N4O2. The first-order valence-electron chi connectivity index (χ1n) is 8.48. The molecule has 1 aliphatic heterocycles. The summed E-state index contributed by atoms with van der Waals surface area (Å²) >= 11 is 0. The molecule has 1 N–H and O–H groups in total. The summed E-state index contributed by atoms with van der Waals surface area (Å²) in [7, 11) is 1.80. The Morgan fingerprint density at radius 2 is 1.79 bits per heavy atom. The van der Waals surface area contributed by atoms with Gasteiger partial charge in [0.1, 0.15) is 0 Å². The Labute approximate surface area is 144 Å². The minimum absolute atomic E-state index is 0.0983. The maximum absolute atomic E-state index is 12.3. The Morgan fingerprint density at radius 3 is 2.38 bits per heavy atom. The van der Waals surface area contributed by atoms with Crippen molar-refractivity contribution in [2.45, 2.75) is 33.4 Å². The summed E-state index contributed by atoms with van der Waals surface area (Å²) in [6.07, 6.45) is 0. The summed E-state index contributed by atoms with van der Waals surface area (Å²) in [4.78, 5) is 29.6. The Kier molecular flexibility index (Phi) is 6.20. The number of carbonyl (C=O) groups excluding carboxylic acids is 2. The van der Waals surface area contributed by atoms with Crippen LogP contribution < -0.4 is 5.32 Å². The highest BCUT2D eigenvalue weighted by Crippen LogP contribution is 2.19. The van der Waals surface area contributed by atoms with Gasteiger partial charge in [0, 0.05) is 58.4 Å². The summed E-state index contributed by atoms with van der Waals surface area (Å²) < 4.78 is 0. The van der Waals surface area contributed by atoms with E-state index in [-0.39, 0.29) is 18.0 Å². The molecule has 2 rings (SSSR count). The number of urea groups is 1. The van der Waals surface area contributed by atoms with Crippen molar-refractivity contribution in [3.8, 4) is 0 Å². The van der Waals surface area contributed by atoms with E-state index < -0.39 is 0 Å². The third-order valence-corrected chi connectivity index (χ3v) is 4.57. The van der Waals surface area contributed by atoms with Gasteiger partial charge < -0.3 is 15.1 Å². The van der Waals surface area contributed by atoms with Gasteiger partial charge in [-0.05, 0) is 25.5 Å². The summed E-state index contributed by atoms with van der Waals surface area (Å²) in [6.45, 7) is 9.60. The standard InChI is InChI=1S/C18H28N4O2/c1-14(2)20(4)18(24)19-17-8-6-5-7-16(17)13-21-9-11-22(12-10-21)15(3)23/h5-8,14H,9-13H2,1-4H3,(H,19,24). The van der Waals surface area contributed by atoms with E-state index in [2.05, 4.69) is 10.2 Å². The first-order valence-corrected chi connectivity index (χ1v) is 8.48. The second-order valence-electron chi connectivity index (χ2n) is 6.57. The molecule has 0 bridgehead atoms. The van der Waals surface area contributed by atoms with Crippen molar-refractivity contribution < 1.29 is 9.59 Å². The number of benzene rings is 1. The predicted octanol–water partition coefficient (Wildman–Crippen LogP) is 2.22. The van der Waals surface area contributed by atoms with Gasteiger partial charge in [0.05, 0.1) is 0 Å². The average molecular weight is 332 g/mol. The van der Waals surface area contributed by atoms with Crippen molar-refractivity contribution in [3.63, 3.8) is 0 Å². The summed E-state index contributed by atoms with van der Waals surface area (Å²) in [5.41, 5.74) is 1.95. The molecule has 1 fully saturated rings. The molecule has 0 aromatic heterocycles. The van der Waals surface area contributed by atoms with Gasteiger partial charge in [-0.2, -0.15) is 0 Å². The lowest BCUT2D eigenvalue weighted by Gasteiger charge is -2.34. The fourth-order valence-corrected chi connectivity index (χ4v) is 2.68. The minimum atomic E-state index is -0.0983. The number of nitrogens with zero attached hydrogens (tertiary/aromatic N) is 3. The molecule has 0 atom stereocenters. The number of anilines is 1. The van der Waals surface area contributed by atoms with E-state index in [1.54, 1.807) is 18.9 Å². The maximum Gasteiger partial charge on any atom is 0.321 e. The molecule has 24 heavy (non-hydrogen) atoms. The number of rotatable bonds is 4. The lowest BCUT2D eigenvalue weighted by molar-refractivity contribution is -0.130. The normalized spacial score (nSPS) is 15.5. The number of para-hydroxylation sites is 1. The number of hydrogen-bond donors (Lipinski definition) is 1. The van der Waals surface area contributed by atoms with Gasteiger partial charge in [-0.15, -0.1) is 0 Å². The Bertz CT molecular complexity index is 580. The molecule has 0 aliphatic carbocycles. The molecule has 132 valence electrons. The Hall–Kier alpha value is -2.08. The molecule has 3 amide bonds. The highest BCUT2D eigenvalue weighted by atomic mass is 16.2. The van der Waals surface area contributed by atoms with Gasteiger partial charge in [0.15, 0.2) is 0 Å². The van der Waals surface area contributed by atoms with Crippen LogP contribution in [0, 0.1) is 0 Å². The third-order valence-electron chi connectivity index (χ3n) is 4.57. The van der Waals surface area contributed by atoms with Crippen LogP contribution in [0.2, 0.25) is 0 Å². The molecular weight excluding hydrogens is 304 g/mol. The lowest BCUT2D eigenvalue weighted by atomic mass is 10.1. The molecule has 0 saturated carbocycles. The molecule has 0 spiro atoms. The fourth-order valence-electron chi connectivity index (χ4n) is 2.68.